The van der Waals surface area contributed by atoms with E-state index in [0.717, 1.165) is 17.1 Å². The Morgan fingerprint density at radius 2 is 2.33 bits per heavy atom. The Morgan fingerprint density at radius 1 is 1.67 bits per heavy atom. The lowest BCUT2D eigenvalue weighted by Gasteiger charge is -2.21. The molecule has 0 aliphatic carbocycles. The van der Waals surface area contributed by atoms with E-state index in [9.17, 15) is 4.79 Å². The smallest absolute Gasteiger partial charge is 0.242 e. The zero-order valence-corrected chi connectivity index (χ0v) is 10.4. The van der Waals surface area contributed by atoms with Gasteiger partial charge in [0, 0.05) is 0 Å². The van der Waals surface area contributed by atoms with Crippen LogP contribution in [0.2, 0.25) is 0 Å². The van der Waals surface area contributed by atoms with E-state index in [4.69, 9.17) is 0 Å². The van der Waals surface area contributed by atoms with Crippen molar-refractivity contribution in [1.82, 2.24) is 9.27 Å². The largest absolute Gasteiger partial charge is 0.315 e. The standard InChI is InChI=1S/C10H17N3OS/c1-5-8(13(3)4)10(14)11-9-6-7(2)12-15-9/h6,8H,5H2,1-4H3,(H,11,14)/t8-/m1/s1. The highest BCUT2D eigenvalue weighted by atomic mass is 32.1. The molecule has 84 valence electrons. The molecule has 0 unspecified atom stereocenters. The molecule has 1 aromatic rings. The second-order valence-electron chi connectivity index (χ2n) is 3.71. The first-order valence-corrected chi connectivity index (χ1v) is 5.72. The lowest BCUT2D eigenvalue weighted by atomic mass is 10.2. The number of anilines is 1. The van der Waals surface area contributed by atoms with Gasteiger partial charge in [0.1, 0.15) is 5.00 Å². The van der Waals surface area contributed by atoms with Crippen LogP contribution < -0.4 is 5.32 Å². The third-order valence-corrected chi connectivity index (χ3v) is 2.98. The molecule has 1 atom stereocenters. The zero-order valence-electron chi connectivity index (χ0n) is 9.57. The first kappa shape index (κ1) is 12.1. The predicted octanol–water partition coefficient (Wildman–Crippen LogP) is 1.73. The lowest BCUT2D eigenvalue weighted by molar-refractivity contribution is -0.120. The second kappa shape index (κ2) is 5.23. The summed E-state index contributed by atoms with van der Waals surface area (Å²) >= 11 is 1.32. The molecule has 1 aromatic heterocycles. The van der Waals surface area contributed by atoms with Crippen molar-refractivity contribution in [1.29, 1.82) is 0 Å². The van der Waals surface area contributed by atoms with Gasteiger partial charge in [0.15, 0.2) is 0 Å². The van der Waals surface area contributed by atoms with Crippen LogP contribution in [-0.2, 0) is 4.79 Å². The van der Waals surface area contributed by atoms with E-state index in [1.54, 1.807) is 0 Å². The Morgan fingerprint density at radius 3 is 2.73 bits per heavy atom. The minimum absolute atomic E-state index is 0.0335. The van der Waals surface area contributed by atoms with Crippen LogP contribution in [0, 0.1) is 6.92 Å². The third kappa shape index (κ3) is 3.28. The van der Waals surface area contributed by atoms with Gasteiger partial charge in [-0.25, -0.2) is 0 Å². The molecule has 0 saturated carbocycles. The number of aromatic nitrogens is 1. The number of aryl methyl sites for hydroxylation is 1. The van der Waals surface area contributed by atoms with Crippen molar-refractivity contribution in [2.75, 3.05) is 19.4 Å². The number of nitrogens with one attached hydrogen (secondary N) is 1. The molecular weight excluding hydrogens is 210 g/mol. The van der Waals surface area contributed by atoms with Crippen LogP contribution in [0.4, 0.5) is 5.00 Å². The molecule has 0 aliphatic heterocycles. The summed E-state index contributed by atoms with van der Waals surface area (Å²) in [5.41, 5.74) is 0.938. The SMILES string of the molecule is CC[C@H](C(=O)Nc1cc(C)ns1)N(C)C. The zero-order chi connectivity index (χ0) is 11.4. The van der Waals surface area contributed by atoms with Crippen LogP contribution in [0.3, 0.4) is 0 Å². The summed E-state index contributed by atoms with van der Waals surface area (Å²) in [7, 11) is 3.82. The maximum absolute atomic E-state index is 11.8. The summed E-state index contributed by atoms with van der Waals surface area (Å²) in [6.45, 7) is 3.91. The number of nitrogens with zero attached hydrogens (tertiary/aromatic N) is 2. The summed E-state index contributed by atoms with van der Waals surface area (Å²) in [5, 5.41) is 3.69. The Hall–Kier alpha value is -0.940. The maximum Gasteiger partial charge on any atom is 0.242 e. The van der Waals surface area contributed by atoms with E-state index >= 15 is 0 Å². The normalized spacial score (nSPS) is 12.9. The number of carbonyl (C=O) groups is 1. The van der Waals surface area contributed by atoms with E-state index in [-0.39, 0.29) is 11.9 Å². The van der Waals surface area contributed by atoms with E-state index in [0.29, 0.717) is 0 Å². The molecule has 1 rings (SSSR count). The minimum atomic E-state index is -0.0765. The van der Waals surface area contributed by atoms with Gasteiger partial charge < -0.3 is 5.32 Å². The fourth-order valence-electron chi connectivity index (χ4n) is 1.41. The van der Waals surface area contributed by atoms with Gasteiger partial charge in [0.2, 0.25) is 5.91 Å². The molecule has 0 bridgehead atoms. The van der Waals surface area contributed by atoms with Gasteiger partial charge in [0.05, 0.1) is 11.7 Å². The first-order chi connectivity index (χ1) is 7.04. The molecule has 1 N–H and O–H groups in total. The Kier molecular flexibility index (Phi) is 4.23. The van der Waals surface area contributed by atoms with Crippen LogP contribution in [0.5, 0.6) is 0 Å². The van der Waals surface area contributed by atoms with E-state index in [1.165, 1.54) is 11.5 Å². The van der Waals surface area contributed by atoms with Gasteiger partial charge in [-0.15, -0.1) is 0 Å². The van der Waals surface area contributed by atoms with E-state index in [2.05, 4.69) is 9.69 Å². The van der Waals surface area contributed by atoms with Crippen LogP contribution in [0.15, 0.2) is 6.07 Å². The highest BCUT2D eigenvalue weighted by Crippen LogP contribution is 2.16. The van der Waals surface area contributed by atoms with Crippen molar-refractivity contribution in [3.8, 4) is 0 Å². The van der Waals surface area contributed by atoms with E-state index in [1.807, 2.05) is 38.9 Å². The molecule has 4 nitrogen and oxygen atoms in total. The van der Waals surface area contributed by atoms with Gasteiger partial charge in [-0.1, -0.05) is 6.92 Å². The second-order valence-corrected chi connectivity index (χ2v) is 4.51. The topological polar surface area (TPSA) is 45.2 Å². The number of carbonyl (C=O) groups excluding carboxylic acids is 1. The third-order valence-electron chi connectivity index (χ3n) is 2.19. The Bertz CT molecular complexity index is 335. The monoisotopic (exact) mass is 227 g/mol. The molecular formula is C10H17N3OS. The summed E-state index contributed by atoms with van der Waals surface area (Å²) in [4.78, 5) is 13.7. The molecule has 0 aliphatic rings. The van der Waals surface area contributed by atoms with Gasteiger partial charge >= 0.3 is 0 Å². The van der Waals surface area contributed by atoms with Crippen molar-refractivity contribution < 1.29 is 4.79 Å². The Balaban J connectivity index is 2.62. The highest BCUT2D eigenvalue weighted by molar-refractivity contribution is 7.10. The molecule has 15 heavy (non-hydrogen) atoms. The maximum atomic E-state index is 11.8. The molecule has 0 spiro atoms. The fourth-order valence-corrected chi connectivity index (χ4v) is 2.08. The molecule has 0 radical (unpaired) electrons. The van der Waals surface area contributed by atoms with Gasteiger partial charge in [-0.2, -0.15) is 4.37 Å². The van der Waals surface area contributed by atoms with Crippen molar-refractivity contribution >= 4 is 22.4 Å². The number of hydrogen-bond donors (Lipinski definition) is 1. The molecule has 0 saturated heterocycles. The molecule has 0 aromatic carbocycles. The number of amides is 1. The molecule has 1 amide bonds. The summed E-state index contributed by atoms with van der Waals surface area (Å²) in [5.74, 6) is 0.0335. The minimum Gasteiger partial charge on any atom is -0.315 e. The molecule has 1 heterocycles. The van der Waals surface area contributed by atoms with Crippen LogP contribution >= 0.6 is 11.5 Å². The van der Waals surface area contributed by atoms with Crippen LogP contribution in [-0.4, -0.2) is 35.3 Å². The lowest BCUT2D eigenvalue weighted by Crippen LogP contribution is -2.38. The predicted molar refractivity (Wildman–Crippen MR) is 63.2 cm³/mol. The summed E-state index contributed by atoms with van der Waals surface area (Å²) < 4.78 is 4.11. The van der Waals surface area contributed by atoms with Gasteiger partial charge in [0.25, 0.3) is 0 Å². The average molecular weight is 227 g/mol. The van der Waals surface area contributed by atoms with Crippen LogP contribution in [0.25, 0.3) is 0 Å². The van der Waals surface area contributed by atoms with E-state index < -0.39 is 0 Å². The van der Waals surface area contributed by atoms with Gasteiger partial charge in [-0.05, 0) is 45.0 Å². The summed E-state index contributed by atoms with van der Waals surface area (Å²) in [6, 6.07) is 1.80. The van der Waals surface area contributed by atoms with Crippen molar-refractivity contribution in [2.24, 2.45) is 0 Å². The van der Waals surface area contributed by atoms with Crippen LogP contribution in [0.1, 0.15) is 19.0 Å². The molecule has 5 heteroatoms. The van der Waals surface area contributed by atoms with Crippen molar-refractivity contribution in [3.63, 3.8) is 0 Å². The van der Waals surface area contributed by atoms with Crippen molar-refractivity contribution in [2.45, 2.75) is 26.3 Å². The highest BCUT2D eigenvalue weighted by Gasteiger charge is 2.18. The first-order valence-electron chi connectivity index (χ1n) is 4.95. The molecule has 0 fully saturated rings. The Labute approximate surface area is 94.5 Å². The number of hydrogen-bond acceptors (Lipinski definition) is 4. The number of likely N-dealkylation sites (N-methyl/N-ethyl adjacent to an activating group) is 1. The summed E-state index contributed by atoms with van der Waals surface area (Å²) in [6.07, 6.45) is 0.802. The van der Waals surface area contributed by atoms with Crippen molar-refractivity contribution in [3.05, 3.63) is 11.8 Å². The average Bonchev–Trinajstić information content (AvgIpc) is 2.51. The quantitative estimate of drug-likeness (QED) is 0.852. The van der Waals surface area contributed by atoms with Gasteiger partial charge in [-0.3, -0.25) is 9.69 Å². The number of rotatable bonds is 4. The fraction of sp³-hybridized carbons (Fsp3) is 0.600.